The van der Waals surface area contributed by atoms with Crippen LogP contribution in [0.4, 0.5) is 0 Å². The van der Waals surface area contributed by atoms with Gasteiger partial charge in [-0.3, -0.25) is 14.6 Å². The Labute approximate surface area is 183 Å². The summed E-state index contributed by atoms with van der Waals surface area (Å²) in [5.74, 6) is 1.46. The molecule has 4 heteroatoms. The van der Waals surface area contributed by atoms with Crippen molar-refractivity contribution in [3.63, 3.8) is 0 Å². The van der Waals surface area contributed by atoms with Crippen LogP contribution in [0.1, 0.15) is 36.5 Å². The van der Waals surface area contributed by atoms with E-state index in [0.29, 0.717) is 11.5 Å². The maximum Gasteiger partial charge on any atom is 0.228 e. The van der Waals surface area contributed by atoms with Crippen LogP contribution < -0.4 is 15.6 Å². The summed E-state index contributed by atoms with van der Waals surface area (Å²) in [6.07, 6.45) is 3.57. The molecule has 1 heterocycles. The molecule has 0 aliphatic rings. The molecule has 4 rings (SSSR count). The Morgan fingerprint density at radius 1 is 0.806 bits per heavy atom. The van der Waals surface area contributed by atoms with Gasteiger partial charge in [0.25, 0.3) is 0 Å². The molecule has 0 N–H and O–H groups in total. The third-order valence-corrected chi connectivity index (χ3v) is 4.73. The Balaban J connectivity index is 0.000000199. The Kier molecular flexibility index (Phi) is 8.89. The molecule has 160 valence electrons. The minimum Gasteiger partial charge on any atom is -0.497 e. The van der Waals surface area contributed by atoms with Gasteiger partial charge in [0.2, 0.25) is 10.9 Å². The number of benzene rings is 2. The van der Waals surface area contributed by atoms with Gasteiger partial charge in [-0.2, -0.15) is 0 Å². The van der Waals surface area contributed by atoms with E-state index in [-0.39, 0.29) is 10.9 Å². The maximum atomic E-state index is 10.1. The summed E-state index contributed by atoms with van der Waals surface area (Å²) in [7, 11) is 1.70. The van der Waals surface area contributed by atoms with Crippen LogP contribution in [0.3, 0.4) is 0 Å². The molecule has 0 unspecified atom stereocenters. The zero-order valence-corrected chi connectivity index (χ0v) is 18.8. The van der Waals surface area contributed by atoms with Gasteiger partial charge in [-0.05, 0) is 72.4 Å². The lowest BCUT2D eigenvalue weighted by Gasteiger charge is -2.09. The normalized spacial score (nSPS) is 10.0. The smallest absolute Gasteiger partial charge is 0.228 e. The summed E-state index contributed by atoms with van der Waals surface area (Å²) in [5, 5.41) is 0. The lowest BCUT2D eigenvalue weighted by atomic mass is 9.97. The van der Waals surface area contributed by atoms with Gasteiger partial charge in [0.1, 0.15) is 5.75 Å². The first-order valence-electron chi connectivity index (χ1n) is 10.2. The fourth-order valence-electron chi connectivity index (χ4n) is 2.75. The summed E-state index contributed by atoms with van der Waals surface area (Å²) in [6, 6.07) is 22.1. The van der Waals surface area contributed by atoms with E-state index in [1.54, 1.807) is 26.4 Å². The second-order valence-electron chi connectivity index (χ2n) is 7.56. The maximum absolute atomic E-state index is 10.1. The molecule has 0 atom stereocenters. The molecule has 0 bridgehead atoms. The monoisotopic (exact) mass is 415 g/mol. The zero-order valence-electron chi connectivity index (χ0n) is 18.8. The topological polar surface area (TPSA) is 56.3 Å². The molecule has 1 aromatic heterocycles. The van der Waals surface area contributed by atoms with Crippen molar-refractivity contribution in [3.05, 3.63) is 116 Å². The summed E-state index contributed by atoms with van der Waals surface area (Å²) in [4.78, 5) is 24.0. The zero-order chi connectivity index (χ0) is 22.8. The molecular formula is C27H29NO3. The van der Waals surface area contributed by atoms with Gasteiger partial charge in [-0.15, -0.1) is 0 Å². The summed E-state index contributed by atoms with van der Waals surface area (Å²) in [6.45, 7) is 8.10. The summed E-state index contributed by atoms with van der Waals surface area (Å²) >= 11 is 0. The van der Waals surface area contributed by atoms with Crippen molar-refractivity contribution in [1.82, 2.24) is 4.98 Å². The first-order valence-corrected chi connectivity index (χ1v) is 10.2. The van der Waals surface area contributed by atoms with Gasteiger partial charge in [-0.25, -0.2) is 0 Å². The molecule has 0 aliphatic heterocycles. The standard InChI is InChI=1S/C16H18O.C6H7N.C5H4O2/c1-12(2)13-6-4-7-14(10-13)15-8-5-9-16(11-15)17-3;1-6-2-4-7-5-3-6;1-3-2-4(6)5(3)7/h4-12H,1-3H3;2-5H,1H3;2H,1H3. The number of pyridine rings is 1. The Bertz CT molecular complexity index is 1160. The SMILES string of the molecule is COc1cccc(-c2cccc(C(C)C)c2)c1.Cc1cc(=O)c1=O.Cc1ccncc1. The van der Waals surface area contributed by atoms with Crippen molar-refractivity contribution in [1.29, 1.82) is 0 Å². The number of methoxy groups -OCH3 is 1. The summed E-state index contributed by atoms with van der Waals surface area (Å²) in [5.41, 5.74) is 4.95. The minimum absolute atomic E-state index is 0.333. The molecule has 31 heavy (non-hydrogen) atoms. The van der Waals surface area contributed by atoms with Gasteiger partial charge in [0.15, 0.2) is 0 Å². The van der Waals surface area contributed by atoms with Crippen LogP contribution in [0.15, 0.2) is 88.7 Å². The second-order valence-corrected chi connectivity index (χ2v) is 7.56. The molecule has 0 radical (unpaired) electrons. The Morgan fingerprint density at radius 3 is 1.84 bits per heavy atom. The van der Waals surface area contributed by atoms with Crippen LogP contribution in [0.2, 0.25) is 0 Å². The van der Waals surface area contributed by atoms with Crippen molar-refractivity contribution in [2.24, 2.45) is 0 Å². The van der Waals surface area contributed by atoms with E-state index < -0.39 is 0 Å². The van der Waals surface area contributed by atoms with Crippen LogP contribution in [0.25, 0.3) is 11.1 Å². The highest BCUT2D eigenvalue weighted by Crippen LogP contribution is 2.26. The van der Waals surface area contributed by atoms with Crippen molar-refractivity contribution >= 4 is 0 Å². The van der Waals surface area contributed by atoms with Gasteiger partial charge in [0.05, 0.1) is 7.11 Å². The quantitative estimate of drug-likeness (QED) is 0.417. The van der Waals surface area contributed by atoms with Crippen LogP contribution in [0.5, 0.6) is 5.75 Å². The van der Waals surface area contributed by atoms with E-state index in [4.69, 9.17) is 4.74 Å². The largest absolute Gasteiger partial charge is 0.497 e. The molecule has 0 aliphatic carbocycles. The number of aryl methyl sites for hydroxylation is 2. The van der Waals surface area contributed by atoms with E-state index in [0.717, 1.165) is 5.75 Å². The third kappa shape index (κ3) is 7.34. The molecule has 0 fully saturated rings. The molecule has 0 saturated heterocycles. The number of hydrogen-bond donors (Lipinski definition) is 0. The molecule has 4 aromatic rings. The van der Waals surface area contributed by atoms with Gasteiger partial charge >= 0.3 is 0 Å². The number of rotatable bonds is 3. The van der Waals surface area contributed by atoms with Crippen LogP contribution in [-0.2, 0) is 0 Å². The predicted molar refractivity (Wildman–Crippen MR) is 128 cm³/mol. The van der Waals surface area contributed by atoms with Crippen molar-refractivity contribution in [3.8, 4) is 16.9 Å². The third-order valence-electron chi connectivity index (χ3n) is 4.73. The fraction of sp³-hybridized carbons (Fsp3) is 0.222. The van der Waals surface area contributed by atoms with Gasteiger partial charge < -0.3 is 4.74 Å². The number of aromatic nitrogens is 1. The molecule has 0 saturated carbocycles. The van der Waals surface area contributed by atoms with Crippen molar-refractivity contribution in [2.75, 3.05) is 7.11 Å². The van der Waals surface area contributed by atoms with Crippen LogP contribution >= 0.6 is 0 Å². The van der Waals surface area contributed by atoms with E-state index >= 15 is 0 Å². The highest BCUT2D eigenvalue weighted by molar-refractivity contribution is 5.65. The Morgan fingerprint density at radius 2 is 1.42 bits per heavy atom. The first kappa shape index (κ1) is 23.7. The molecule has 4 nitrogen and oxygen atoms in total. The van der Waals surface area contributed by atoms with E-state index in [2.05, 4.69) is 55.2 Å². The summed E-state index contributed by atoms with van der Waals surface area (Å²) < 4.78 is 5.25. The van der Waals surface area contributed by atoms with Crippen molar-refractivity contribution < 1.29 is 4.74 Å². The number of nitrogens with zero attached hydrogens (tertiary/aromatic N) is 1. The fourth-order valence-corrected chi connectivity index (χ4v) is 2.75. The van der Waals surface area contributed by atoms with E-state index in [1.165, 1.54) is 28.3 Å². The average Bonchev–Trinajstić information content (AvgIpc) is 2.80. The Hall–Kier alpha value is -3.53. The van der Waals surface area contributed by atoms with Crippen molar-refractivity contribution in [2.45, 2.75) is 33.6 Å². The molecule has 3 aromatic carbocycles. The van der Waals surface area contributed by atoms with Crippen LogP contribution in [0, 0.1) is 13.8 Å². The minimum atomic E-state index is -0.363. The van der Waals surface area contributed by atoms with Crippen LogP contribution in [-0.4, -0.2) is 12.1 Å². The first-order chi connectivity index (χ1) is 14.8. The number of ether oxygens (including phenoxy) is 1. The second kappa shape index (κ2) is 11.6. The predicted octanol–water partition coefficient (Wildman–Crippen LogP) is 5.47. The van der Waals surface area contributed by atoms with Gasteiger partial charge in [-0.1, -0.05) is 50.2 Å². The number of hydrogen-bond acceptors (Lipinski definition) is 4. The lowest BCUT2D eigenvalue weighted by Crippen LogP contribution is -2.31. The molecule has 0 spiro atoms. The lowest BCUT2D eigenvalue weighted by molar-refractivity contribution is 0.415. The highest BCUT2D eigenvalue weighted by atomic mass is 16.5. The van der Waals surface area contributed by atoms with Gasteiger partial charge in [0, 0.05) is 18.0 Å². The average molecular weight is 416 g/mol. The highest BCUT2D eigenvalue weighted by Gasteiger charge is 2.03. The van der Waals surface area contributed by atoms with E-state index in [9.17, 15) is 9.59 Å². The van der Waals surface area contributed by atoms with E-state index in [1.807, 2.05) is 31.2 Å². The molecular weight excluding hydrogens is 386 g/mol. The molecule has 0 amide bonds.